The van der Waals surface area contributed by atoms with E-state index in [9.17, 15) is 17.6 Å². The molecule has 0 saturated carbocycles. The summed E-state index contributed by atoms with van der Waals surface area (Å²) in [6.07, 6.45) is -4.67. The Morgan fingerprint density at radius 1 is 0.727 bits per heavy atom. The molecule has 0 radical (unpaired) electrons. The van der Waals surface area contributed by atoms with E-state index in [1.165, 1.54) is 0 Å². The van der Waals surface area contributed by atoms with Crippen molar-refractivity contribution in [2.24, 2.45) is 0 Å². The molecule has 0 unspecified atom stereocenters. The van der Waals surface area contributed by atoms with Crippen LogP contribution < -0.4 is 0 Å². The topological polar surface area (TPSA) is 0 Å². The molecule has 9 heteroatoms. The lowest BCUT2D eigenvalue weighted by atomic mass is 10.0. The van der Waals surface area contributed by atoms with E-state index < -0.39 is 23.1 Å². The molecule has 0 saturated heterocycles. The van der Waals surface area contributed by atoms with Crippen LogP contribution in [0.3, 0.4) is 0 Å². The molecule has 0 atom stereocenters. The quantitative estimate of drug-likeness (QED) is 0.255. The maximum absolute atomic E-state index is 14.0. The highest BCUT2D eigenvalue weighted by Gasteiger charge is 2.32. The van der Waals surface area contributed by atoms with Gasteiger partial charge in [0.25, 0.3) is 0 Å². The van der Waals surface area contributed by atoms with Crippen LogP contribution >= 0.6 is 58.0 Å². The smallest absolute Gasteiger partial charge is 0.206 e. The first-order valence-corrected chi connectivity index (χ1v) is 7.33. The van der Waals surface area contributed by atoms with Crippen molar-refractivity contribution < 1.29 is 17.6 Å². The molecule has 0 nitrogen and oxygen atoms in total. The van der Waals surface area contributed by atoms with E-state index in [4.69, 9.17) is 58.0 Å². The number of alkyl halides is 3. The number of benzene rings is 2. The maximum Gasteiger partial charge on any atom is 0.416 e. The second-order valence-corrected chi connectivity index (χ2v) is 6.03. The molecule has 0 fully saturated rings. The average molecular weight is 412 g/mol. The van der Waals surface area contributed by atoms with Crippen LogP contribution in [0, 0.1) is 5.82 Å². The molecule has 2 aromatic carbocycles. The molecule has 0 spiro atoms. The van der Waals surface area contributed by atoms with Crippen LogP contribution in [0.25, 0.3) is 11.1 Å². The Balaban J connectivity index is 2.83. The van der Waals surface area contributed by atoms with Gasteiger partial charge in [0.15, 0.2) is 0 Å². The lowest BCUT2D eigenvalue weighted by molar-refractivity contribution is -0.137. The largest absolute Gasteiger partial charge is 0.416 e. The second-order valence-electron chi connectivity index (χ2n) is 4.14. The molecular formula is C13H3Cl5F4. The normalized spacial score (nSPS) is 11.9. The summed E-state index contributed by atoms with van der Waals surface area (Å²) in [4.78, 5) is 0. The Morgan fingerprint density at radius 2 is 1.18 bits per heavy atom. The molecule has 22 heavy (non-hydrogen) atoms. The van der Waals surface area contributed by atoms with Crippen LogP contribution in [-0.4, -0.2) is 0 Å². The first kappa shape index (κ1) is 18.0. The van der Waals surface area contributed by atoms with Gasteiger partial charge in [-0.25, -0.2) is 4.39 Å². The third-order valence-electron chi connectivity index (χ3n) is 2.77. The fourth-order valence-corrected chi connectivity index (χ4v) is 3.08. The third-order valence-corrected chi connectivity index (χ3v) is 5.05. The van der Waals surface area contributed by atoms with Gasteiger partial charge in [-0.15, -0.1) is 0 Å². The first-order valence-electron chi connectivity index (χ1n) is 5.44. The summed E-state index contributed by atoms with van der Waals surface area (Å²) in [5.74, 6) is -0.966. The predicted octanol–water partition coefficient (Wildman–Crippen LogP) is 7.78. The van der Waals surface area contributed by atoms with E-state index in [0.29, 0.717) is 18.2 Å². The van der Waals surface area contributed by atoms with E-state index in [1.807, 2.05) is 0 Å². The van der Waals surface area contributed by atoms with Crippen LogP contribution in [0.2, 0.25) is 25.1 Å². The molecule has 2 rings (SSSR count). The minimum absolute atomic E-state index is 0.172. The Bertz CT molecular complexity index is 726. The lowest BCUT2D eigenvalue weighted by Crippen LogP contribution is -2.05. The second kappa shape index (κ2) is 6.25. The highest BCUT2D eigenvalue weighted by molar-refractivity contribution is 6.56. The molecule has 0 aliphatic carbocycles. The van der Waals surface area contributed by atoms with Crippen LogP contribution in [0.1, 0.15) is 5.56 Å². The first-order chi connectivity index (χ1) is 10.1. The van der Waals surface area contributed by atoms with Gasteiger partial charge in [-0.3, -0.25) is 0 Å². The molecule has 0 amide bonds. The fourth-order valence-electron chi connectivity index (χ4n) is 1.73. The van der Waals surface area contributed by atoms with Gasteiger partial charge in [0, 0.05) is 11.1 Å². The Hall–Kier alpha value is -0.390. The van der Waals surface area contributed by atoms with Crippen molar-refractivity contribution in [2.45, 2.75) is 6.18 Å². The van der Waals surface area contributed by atoms with Gasteiger partial charge in [0.05, 0.1) is 30.7 Å². The van der Waals surface area contributed by atoms with Crippen LogP contribution in [0.5, 0.6) is 0 Å². The standard InChI is InChI=1S/C13H3Cl5F4/c14-8-7(9(15)11(17)12(18)10(8)16)5-3-4(13(20,21)22)1-2-6(5)19/h1-3H. The van der Waals surface area contributed by atoms with Crippen LogP contribution in [0.15, 0.2) is 18.2 Å². The van der Waals surface area contributed by atoms with E-state index in [1.54, 1.807) is 0 Å². The monoisotopic (exact) mass is 410 g/mol. The summed E-state index contributed by atoms with van der Waals surface area (Å²) in [6.45, 7) is 0. The van der Waals surface area contributed by atoms with Gasteiger partial charge in [-0.05, 0) is 18.2 Å². The van der Waals surface area contributed by atoms with Gasteiger partial charge in [-0.1, -0.05) is 58.0 Å². The van der Waals surface area contributed by atoms with Crippen molar-refractivity contribution in [2.75, 3.05) is 0 Å². The predicted molar refractivity (Wildman–Crippen MR) is 81.9 cm³/mol. The molecule has 0 bridgehead atoms. The minimum Gasteiger partial charge on any atom is -0.206 e. The van der Waals surface area contributed by atoms with E-state index >= 15 is 0 Å². The average Bonchev–Trinajstić information content (AvgIpc) is 2.44. The summed E-state index contributed by atoms with van der Waals surface area (Å²) in [5.41, 5.74) is -1.81. The zero-order valence-corrected chi connectivity index (χ0v) is 13.9. The van der Waals surface area contributed by atoms with Gasteiger partial charge >= 0.3 is 6.18 Å². The van der Waals surface area contributed by atoms with Crippen molar-refractivity contribution in [1.82, 2.24) is 0 Å². The van der Waals surface area contributed by atoms with Gasteiger partial charge in [0.2, 0.25) is 0 Å². The molecule has 0 N–H and O–H groups in total. The van der Waals surface area contributed by atoms with Crippen LogP contribution in [0.4, 0.5) is 17.6 Å². The number of halogens is 9. The van der Waals surface area contributed by atoms with Gasteiger partial charge < -0.3 is 0 Å². The highest BCUT2D eigenvalue weighted by Crippen LogP contribution is 2.49. The van der Waals surface area contributed by atoms with E-state index in [0.717, 1.165) is 0 Å². The SMILES string of the molecule is Fc1ccc(C(F)(F)F)cc1-c1c(Cl)c(Cl)c(Cl)c(Cl)c1Cl. The summed E-state index contributed by atoms with van der Waals surface area (Å²) in [7, 11) is 0. The number of rotatable bonds is 1. The Labute approximate surface area is 147 Å². The summed E-state index contributed by atoms with van der Waals surface area (Å²) in [6, 6.07) is 1.82. The van der Waals surface area contributed by atoms with Crippen molar-refractivity contribution >= 4 is 58.0 Å². The summed E-state index contributed by atoms with van der Waals surface area (Å²) >= 11 is 29.3. The summed E-state index contributed by atoms with van der Waals surface area (Å²) < 4.78 is 52.3. The third kappa shape index (κ3) is 3.13. The maximum atomic E-state index is 14.0. The minimum atomic E-state index is -4.67. The molecule has 118 valence electrons. The van der Waals surface area contributed by atoms with E-state index in [2.05, 4.69) is 0 Å². The Kier molecular flexibility index (Phi) is 5.10. The zero-order chi connectivity index (χ0) is 16.8. The van der Waals surface area contributed by atoms with Crippen molar-refractivity contribution in [3.05, 3.63) is 54.7 Å². The van der Waals surface area contributed by atoms with Crippen LogP contribution in [-0.2, 0) is 6.18 Å². The van der Waals surface area contributed by atoms with Gasteiger partial charge in [-0.2, -0.15) is 13.2 Å². The Morgan fingerprint density at radius 3 is 1.64 bits per heavy atom. The molecule has 0 heterocycles. The number of hydrogen-bond acceptors (Lipinski definition) is 0. The van der Waals surface area contributed by atoms with Crippen molar-refractivity contribution in [3.8, 4) is 11.1 Å². The number of hydrogen-bond donors (Lipinski definition) is 0. The van der Waals surface area contributed by atoms with Gasteiger partial charge in [0.1, 0.15) is 5.82 Å². The van der Waals surface area contributed by atoms with Crippen molar-refractivity contribution in [3.63, 3.8) is 0 Å². The molecular weight excluding hydrogens is 409 g/mol. The summed E-state index contributed by atoms with van der Waals surface area (Å²) in [5, 5.41) is -1.22. The molecule has 0 aliphatic heterocycles. The lowest BCUT2D eigenvalue weighted by Gasteiger charge is -2.15. The molecule has 2 aromatic rings. The highest BCUT2D eigenvalue weighted by atomic mass is 35.5. The fraction of sp³-hybridized carbons (Fsp3) is 0.0769. The molecule has 0 aromatic heterocycles. The molecule has 0 aliphatic rings. The van der Waals surface area contributed by atoms with Crippen molar-refractivity contribution in [1.29, 1.82) is 0 Å². The van der Waals surface area contributed by atoms with E-state index in [-0.39, 0.29) is 30.7 Å². The zero-order valence-electron chi connectivity index (χ0n) is 10.1.